The summed E-state index contributed by atoms with van der Waals surface area (Å²) in [4.78, 5) is 59.3. The molecule has 3 heterocycles. The third kappa shape index (κ3) is 7.04. The third-order valence-electron chi connectivity index (χ3n) is 9.94. The summed E-state index contributed by atoms with van der Waals surface area (Å²) in [5.74, 6) is -3.44. The molecular formula is C38H46ClN3O7. The van der Waals surface area contributed by atoms with Crippen LogP contribution in [0.4, 0.5) is 5.69 Å². The standard InChI is InChI=1S/C38H46ClN3O7/c1-5-7-18-29(44)40-25(4)33(26-15-9-8-10-16-26)48-37(47)30-28-19-20-38(49-28)31(30)35(45)42(22-11-12-23-43)34(38)36(46)41(21-6-2)32-24(3)14-13-17-27(32)39/h5-6,8-10,13-17,25,28,30-31,33-34,43H,1-2,7,11-12,18-23H2,3-4H3,(H,40,44)/t25-,28-,30+,31+,33-,34-,38+/m1/s1. The number of benzene rings is 2. The van der Waals surface area contributed by atoms with Gasteiger partial charge in [0, 0.05) is 26.1 Å². The van der Waals surface area contributed by atoms with E-state index in [1.807, 2.05) is 43.3 Å². The molecule has 0 saturated carbocycles. The number of fused-ring (bicyclic) bond motifs is 1. The molecule has 0 radical (unpaired) electrons. The van der Waals surface area contributed by atoms with Gasteiger partial charge in [0.25, 0.3) is 5.91 Å². The van der Waals surface area contributed by atoms with Gasteiger partial charge in [-0.15, -0.1) is 13.2 Å². The van der Waals surface area contributed by atoms with E-state index in [2.05, 4.69) is 18.5 Å². The van der Waals surface area contributed by atoms with Gasteiger partial charge < -0.3 is 29.7 Å². The van der Waals surface area contributed by atoms with Gasteiger partial charge in [-0.1, -0.05) is 66.2 Å². The first-order valence-electron chi connectivity index (χ1n) is 17.0. The number of ether oxygens (including phenoxy) is 2. The Morgan fingerprint density at radius 2 is 1.92 bits per heavy atom. The number of nitrogens with zero attached hydrogens (tertiary/aromatic N) is 2. The number of esters is 1. The number of hydrogen-bond donors (Lipinski definition) is 2. The van der Waals surface area contributed by atoms with Crippen LogP contribution in [0.3, 0.4) is 0 Å². The van der Waals surface area contributed by atoms with Crippen LogP contribution in [0.5, 0.6) is 0 Å². The van der Waals surface area contributed by atoms with Crippen LogP contribution in [0.1, 0.15) is 62.7 Å². The van der Waals surface area contributed by atoms with Gasteiger partial charge in [-0.05, 0) is 63.1 Å². The molecule has 1 spiro atoms. The SMILES string of the molecule is C=CCCC(=O)N[C@H](C)[C@@H](OC(=O)[C@@H]1[C@H]2C(=O)N(CCCCO)[C@H](C(=O)N(CC=C)c3c(C)cccc3Cl)[C@]23CC[C@H]1O3)c1ccccc1. The largest absolute Gasteiger partial charge is 0.455 e. The second-order valence-corrected chi connectivity index (χ2v) is 13.5. The highest BCUT2D eigenvalue weighted by atomic mass is 35.5. The number of nitrogens with one attached hydrogen (secondary N) is 1. The number of allylic oxidation sites excluding steroid dienone is 1. The molecule has 0 aliphatic carbocycles. The van der Waals surface area contributed by atoms with Crippen molar-refractivity contribution >= 4 is 41.0 Å². The van der Waals surface area contributed by atoms with Crippen LogP contribution in [0, 0.1) is 18.8 Å². The average Bonchev–Trinajstić information content (AvgIpc) is 3.73. The zero-order valence-corrected chi connectivity index (χ0v) is 28.9. The molecule has 2 N–H and O–H groups in total. The number of halogens is 1. The molecule has 0 unspecified atom stereocenters. The fraction of sp³-hybridized carbons (Fsp3) is 0.474. The summed E-state index contributed by atoms with van der Waals surface area (Å²) in [6.45, 7) is 11.5. The highest BCUT2D eigenvalue weighted by molar-refractivity contribution is 6.34. The summed E-state index contributed by atoms with van der Waals surface area (Å²) in [5.41, 5.74) is 0.736. The van der Waals surface area contributed by atoms with E-state index >= 15 is 0 Å². The molecule has 3 saturated heterocycles. The fourth-order valence-electron chi connectivity index (χ4n) is 7.81. The van der Waals surface area contributed by atoms with Gasteiger partial charge >= 0.3 is 5.97 Å². The van der Waals surface area contributed by atoms with Gasteiger partial charge in [-0.25, -0.2) is 0 Å². The molecule has 0 aromatic heterocycles. The van der Waals surface area contributed by atoms with Crippen molar-refractivity contribution in [2.75, 3.05) is 24.6 Å². The van der Waals surface area contributed by atoms with Crippen LogP contribution in [-0.4, -0.2) is 77.2 Å². The molecule has 5 rings (SSSR count). The minimum Gasteiger partial charge on any atom is -0.455 e. The molecule has 3 amide bonds. The maximum Gasteiger partial charge on any atom is 0.313 e. The fourth-order valence-corrected chi connectivity index (χ4v) is 8.13. The minimum absolute atomic E-state index is 0.0622. The summed E-state index contributed by atoms with van der Waals surface area (Å²) in [5, 5.41) is 12.9. The van der Waals surface area contributed by atoms with Crippen molar-refractivity contribution in [2.24, 2.45) is 11.8 Å². The number of para-hydroxylation sites is 1. The van der Waals surface area contributed by atoms with Crippen molar-refractivity contribution in [2.45, 2.75) is 82.3 Å². The smallest absolute Gasteiger partial charge is 0.313 e. The number of unbranched alkanes of at least 4 members (excludes halogenated alkanes) is 1. The van der Waals surface area contributed by atoms with E-state index in [-0.39, 0.29) is 43.8 Å². The van der Waals surface area contributed by atoms with Crippen LogP contribution >= 0.6 is 11.6 Å². The van der Waals surface area contributed by atoms with E-state index in [0.29, 0.717) is 48.4 Å². The number of amides is 3. The highest BCUT2D eigenvalue weighted by Gasteiger charge is 2.75. The molecular weight excluding hydrogens is 646 g/mol. The quantitative estimate of drug-likeness (QED) is 0.143. The molecule has 10 nitrogen and oxygen atoms in total. The number of rotatable bonds is 16. The maximum absolute atomic E-state index is 14.8. The number of likely N-dealkylation sites (tertiary alicyclic amines) is 1. The number of anilines is 1. The summed E-state index contributed by atoms with van der Waals surface area (Å²) < 4.78 is 12.9. The summed E-state index contributed by atoms with van der Waals surface area (Å²) in [6, 6.07) is 12.9. The van der Waals surface area contributed by atoms with Gasteiger partial charge in [0.15, 0.2) is 0 Å². The molecule has 2 aromatic rings. The number of carbonyl (C=O) groups excluding carboxylic acids is 4. The van der Waals surface area contributed by atoms with Gasteiger partial charge in [-0.3, -0.25) is 19.2 Å². The van der Waals surface area contributed by atoms with E-state index in [1.165, 1.54) is 4.90 Å². The Bertz CT molecular complexity index is 1550. The lowest BCUT2D eigenvalue weighted by molar-refractivity contribution is -0.162. The molecule has 49 heavy (non-hydrogen) atoms. The Hall–Kier alpha value is -3.99. The van der Waals surface area contributed by atoms with Gasteiger partial charge in [0.1, 0.15) is 17.7 Å². The maximum atomic E-state index is 14.8. The van der Waals surface area contributed by atoms with Crippen LogP contribution in [0.2, 0.25) is 5.02 Å². The molecule has 2 bridgehead atoms. The van der Waals surface area contributed by atoms with Gasteiger partial charge in [0.05, 0.1) is 34.7 Å². The molecule has 3 aliphatic rings. The van der Waals surface area contributed by atoms with E-state index in [9.17, 15) is 24.3 Å². The number of hydrogen-bond acceptors (Lipinski definition) is 7. The number of carbonyl (C=O) groups is 4. The first kappa shape index (κ1) is 36.3. The second kappa shape index (κ2) is 15.7. The first-order valence-corrected chi connectivity index (χ1v) is 17.4. The third-order valence-corrected chi connectivity index (χ3v) is 10.2. The first-order chi connectivity index (χ1) is 23.6. The van der Waals surface area contributed by atoms with E-state index in [4.69, 9.17) is 21.1 Å². The lowest BCUT2D eigenvalue weighted by atomic mass is 9.70. The van der Waals surface area contributed by atoms with Crippen molar-refractivity contribution in [1.82, 2.24) is 10.2 Å². The topological polar surface area (TPSA) is 125 Å². The van der Waals surface area contributed by atoms with Crippen LogP contribution < -0.4 is 10.2 Å². The lowest BCUT2D eigenvalue weighted by Crippen LogP contribution is -2.56. The summed E-state index contributed by atoms with van der Waals surface area (Å²) in [7, 11) is 0. The number of aliphatic hydroxyl groups excluding tert-OH is 1. The van der Waals surface area contributed by atoms with E-state index in [0.717, 1.165) is 5.56 Å². The Morgan fingerprint density at radius 1 is 1.16 bits per heavy atom. The van der Waals surface area contributed by atoms with Crippen molar-refractivity contribution in [1.29, 1.82) is 0 Å². The van der Waals surface area contributed by atoms with Gasteiger partial charge in [0.2, 0.25) is 11.8 Å². The number of aliphatic hydroxyl groups is 1. The van der Waals surface area contributed by atoms with Gasteiger partial charge in [-0.2, -0.15) is 0 Å². The Kier molecular flexibility index (Phi) is 11.6. The second-order valence-electron chi connectivity index (χ2n) is 13.1. The Labute approximate surface area is 293 Å². The van der Waals surface area contributed by atoms with Crippen molar-refractivity contribution in [3.63, 3.8) is 0 Å². The predicted molar refractivity (Wildman–Crippen MR) is 187 cm³/mol. The summed E-state index contributed by atoms with van der Waals surface area (Å²) >= 11 is 6.65. The summed E-state index contributed by atoms with van der Waals surface area (Å²) in [6.07, 6.45) is 4.34. The molecule has 262 valence electrons. The number of aryl methyl sites for hydroxylation is 1. The minimum atomic E-state index is -1.26. The van der Waals surface area contributed by atoms with Crippen LogP contribution in [0.15, 0.2) is 73.8 Å². The Balaban J connectivity index is 1.49. The van der Waals surface area contributed by atoms with Crippen LogP contribution in [-0.2, 0) is 28.7 Å². The zero-order chi connectivity index (χ0) is 35.3. The normalized spacial score (nSPS) is 25.0. The molecule has 2 aromatic carbocycles. The van der Waals surface area contributed by atoms with Crippen LogP contribution in [0.25, 0.3) is 0 Å². The van der Waals surface area contributed by atoms with Crippen molar-refractivity contribution in [3.05, 3.63) is 90.0 Å². The Morgan fingerprint density at radius 3 is 2.59 bits per heavy atom. The molecule has 11 heteroatoms. The highest BCUT2D eigenvalue weighted by Crippen LogP contribution is 2.59. The van der Waals surface area contributed by atoms with Crippen molar-refractivity contribution < 1.29 is 33.8 Å². The predicted octanol–water partition coefficient (Wildman–Crippen LogP) is 5.07. The van der Waals surface area contributed by atoms with E-state index < -0.39 is 47.7 Å². The molecule has 3 aliphatic heterocycles. The lowest BCUT2D eigenvalue weighted by Gasteiger charge is -2.37. The van der Waals surface area contributed by atoms with E-state index in [1.54, 1.807) is 36.1 Å². The van der Waals surface area contributed by atoms with Crippen molar-refractivity contribution in [3.8, 4) is 0 Å². The average molecular weight is 692 g/mol. The molecule has 7 atom stereocenters. The molecule has 3 fully saturated rings. The monoisotopic (exact) mass is 691 g/mol. The zero-order valence-electron chi connectivity index (χ0n) is 28.2.